The third-order valence-electron chi connectivity index (χ3n) is 3.96. The summed E-state index contributed by atoms with van der Waals surface area (Å²) in [5.74, 6) is 6.00. The van der Waals surface area contributed by atoms with E-state index in [0.717, 1.165) is 36.9 Å². The SMILES string of the molecule is CCC1CCCCN1C(=O)c1ccc(C#CCCO)cc1. The van der Waals surface area contributed by atoms with E-state index in [0.29, 0.717) is 12.5 Å². The fourth-order valence-electron chi connectivity index (χ4n) is 2.77. The van der Waals surface area contributed by atoms with Crippen molar-refractivity contribution in [3.63, 3.8) is 0 Å². The van der Waals surface area contributed by atoms with Gasteiger partial charge in [0.15, 0.2) is 0 Å². The zero-order valence-electron chi connectivity index (χ0n) is 12.6. The fraction of sp³-hybridized carbons (Fsp3) is 0.500. The Morgan fingerprint density at radius 1 is 1.33 bits per heavy atom. The molecule has 1 aromatic rings. The maximum atomic E-state index is 12.6. The summed E-state index contributed by atoms with van der Waals surface area (Å²) in [6.07, 6.45) is 4.95. The molecule has 1 unspecified atom stereocenters. The molecular weight excluding hydrogens is 262 g/mol. The van der Waals surface area contributed by atoms with Crippen LogP contribution >= 0.6 is 0 Å². The second-order valence-electron chi connectivity index (χ2n) is 5.41. The normalized spacial score (nSPS) is 18.0. The van der Waals surface area contributed by atoms with Gasteiger partial charge >= 0.3 is 0 Å². The maximum Gasteiger partial charge on any atom is 0.254 e. The van der Waals surface area contributed by atoms with Crippen LogP contribution in [-0.4, -0.2) is 35.1 Å². The number of carbonyl (C=O) groups excluding carboxylic acids is 1. The van der Waals surface area contributed by atoms with Gasteiger partial charge < -0.3 is 10.0 Å². The molecule has 0 aliphatic carbocycles. The van der Waals surface area contributed by atoms with E-state index in [9.17, 15) is 4.79 Å². The minimum Gasteiger partial charge on any atom is -0.395 e. The third-order valence-corrected chi connectivity index (χ3v) is 3.96. The van der Waals surface area contributed by atoms with Gasteiger partial charge in [0.25, 0.3) is 5.91 Å². The molecule has 1 N–H and O–H groups in total. The van der Waals surface area contributed by atoms with E-state index in [4.69, 9.17) is 5.11 Å². The largest absolute Gasteiger partial charge is 0.395 e. The predicted octanol–water partition coefficient (Wildman–Crippen LogP) is 2.83. The van der Waals surface area contributed by atoms with Crippen molar-refractivity contribution in [3.05, 3.63) is 35.4 Å². The molecule has 1 aliphatic rings. The molecule has 1 heterocycles. The van der Waals surface area contributed by atoms with Crippen molar-refractivity contribution >= 4 is 5.91 Å². The summed E-state index contributed by atoms with van der Waals surface area (Å²) in [5.41, 5.74) is 1.62. The van der Waals surface area contributed by atoms with Gasteiger partial charge in [0.1, 0.15) is 0 Å². The Kier molecular flexibility index (Phi) is 5.83. The molecule has 3 nitrogen and oxygen atoms in total. The first kappa shape index (κ1) is 15.6. The lowest BCUT2D eigenvalue weighted by Gasteiger charge is -2.35. The van der Waals surface area contributed by atoms with E-state index >= 15 is 0 Å². The second-order valence-corrected chi connectivity index (χ2v) is 5.41. The van der Waals surface area contributed by atoms with Gasteiger partial charge in [-0.2, -0.15) is 0 Å². The monoisotopic (exact) mass is 285 g/mol. The number of aliphatic hydroxyl groups excluding tert-OH is 1. The number of carbonyl (C=O) groups is 1. The Morgan fingerprint density at radius 3 is 2.76 bits per heavy atom. The smallest absolute Gasteiger partial charge is 0.254 e. The van der Waals surface area contributed by atoms with Crippen LogP contribution in [0.5, 0.6) is 0 Å². The molecule has 2 rings (SSSR count). The van der Waals surface area contributed by atoms with E-state index in [1.807, 2.05) is 29.2 Å². The van der Waals surface area contributed by atoms with Crippen molar-refractivity contribution in [2.24, 2.45) is 0 Å². The van der Waals surface area contributed by atoms with Crippen LogP contribution in [-0.2, 0) is 0 Å². The molecule has 1 aromatic carbocycles. The van der Waals surface area contributed by atoms with Gasteiger partial charge in [-0.3, -0.25) is 4.79 Å². The molecular formula is C18H23NO2. The Balaban J connectivity index is 2.07. The topological polar surface area (TPSA) is 40.5 Å². The molecule has 3 heteroatoms. The highest BCUT2D eigenvalue weighted by atomic mass is 16.2. The van der Waals surface area contributed by atoms with E-state index < -0.39 is 0 Å². The lowest BCUT2D eigenvalue weighted by Crippen LogP contribution is -2.43. The first-order valence-electron chi connectivity index (χ1n) is 7.77. The molecule has 0 aromatic heterocycles. The second kappa shape index (κ2) is 7.85. The number of nitrogens with zero attached hydrogens (tertiary/aromatic N) is 1. The average molecular weight is 285 g/mol. The Labute approximate surface area is 127 Å². The van der Waals surface area contributed by atoms with Crippen LogP contribution in [0.15, 0.2) is 24.3 Å². The molecule has 0 spiro atoms. The van der Waals surface area contributed by atoms with Crippen LogP contribution in [0.4, 0.5) is 0 Å². The summed E-state index contributed by atoms with van der Waals surface area (Å²) in [5, 5.41) is 8.70. The number of amides is 1. The van der Waals surface area contributed by atoms with E-state index in [1.165, 1.54) is 6.42 Å². The van der Waals surface area contributed by atoms with E-state index in [-0.39, 0.29) is 12.5 Å². The van der Waals surface area contributed by atoms with Crippen LogP contribution < -0.4 is 0 Å². The highest BCUT2D eigenvalue weighted by Gasteiger charge is 2.25. The van der Waals surface area contributed by atoms with Gasteiger partial charge in [0, 0.05) is 30.1 Å². The van der Waals surface area contributed by atoms with Crippen molar-refractivity contribution < 1.29 is 9.90 Å². The van der Waals surface area contributed by atoms with E-state index in [1.54, 1.807) is 0 Å². The molecule has 112 valence electrons. The molecule has 1 fully saturated rings. The summed E-state index contributed by atoms with van der Waals surface area (Å²) in [6.45, 7) is 3.10. The Bertz CT molecular complexity index is 524. The van der Waals surface area contributed by atoms with Crippen LogP contribution in [0.1, 0.15) is 54.9 Å². The number of hydrogen-bond donors (Lipinski definition) is 1. The Morgan fingerprint density at radius 2 is 2.10 bits per heavy atom. The number of piperidine rings is 1. The summed E-state index contributed by atoms with van der Waals surface area (Å²) >= 11 is 0. The van der Waals surface area contributed by atoms with Crippen LogP contribution in [0.3, 0.4) is 0 Å². The van der Waals surface area contributed by atoms with Crippen molar-refractivity contribution in [1.82, 2.24) is 4.90 Å². The standard InChI is InChI=1S/C18H23NO2/c1-2-17-8-3-5-13-19(17)18(21)16-11-9-15(10-12-16)7-4-6-14-20/h9-12,17,20H,2-3,5-6,8,13-14H2,1H3. The van der Waals surface area contributed by atoms with Crippen molar-refractivity contribution in [3.8, 4) is 11.8 Å². The summed E-state index contributed by atoms with van der Waals surface area (Å²) < 4.78 is 0. The average Bonchev–Trinajstić information content (AvgIpc) is 2.55. The van der Waals surface area contributed by atoms with Crippen molar-refractivity contribution in [2.45, 2.75) is 45.1 Å². The molecule has 1 amide bonds. The van der Waals surface area contributed by atoms with Gasteiger partial charge in [-0.05, 0) is 49.9 Å². The van der Waals surface area contributed by atoms with Crippen molar-refractivity contribution in [1.29, 1.82) is 0 Å². The van der Waals surface area contributed by atoms with Crippen LogP contribution in [0.25, 0.3) is 0 Å². The van der Waals surface area contributed by atoms with E-state index in [2.05, 4.69) is 18.8 Å². The zero-order chi connectivity index (χ0) is 15.1. The third kappa shape index (κ3) is 4.09. The fourth-order valence-corrected chi connectivity index (χ4v) is 2.77. The molecule has 1 atom stereocenters. The van der Waals surface area contributed by atoms with Crippen LogP contribution in [0.2, 0.25) is 0 Å². The minimum atomic E-state index is 0.0803. The van der Waals surface area contributed by atoms with Gasteiger partial charge in [-0.15, -0.1) is 0 Å². The van der Waals surface area contributed by atoms with Gasteiger partial charge in [-0.1, -0.05) is 18.8 Å². The number of aliphatic hydroxyl groups is 1. The molecule has 0 saturated carbocycles. The summed E-state index contributed by atoms with van der Waals surface area (Å²) in [7, 11) is 0. The number of hydrogen-bond acceptors (Lipinski definition) is 2. The van der Waals surface area contributed by atoms with Gasteiger partial charge in [0.2, 0.25) is 0 Å². The lowest BCUT2D eigenvalue weighted by atomic mass is 9.98. The molecule has 21 heavy (non-hydrogen) atoms. The highest BCUT2D eigenvalue weighted by molar-refractivity contribution is 5.94. The van der Waals surface area contributed by atoms with Gasteiger partial charge in [-0.25, -0.2) is 0 Å². The number of likely N-dealkylation sites (tertiary alicyclic amines) is 1. The first-order valence-corrected chi connectivity index (χ1v) is 7.77. The van der Waals surface area contributed by atoms with Crippen LogP contribution in [0, 0.1) is 11.8 Å². The molecule has 1 saturated heterocycles. The quantitative estimate of drug-likeness (QED) is 0.868. The zero-order valence-corrected chi connectivity index (χ0v) is 12.6. The molecule has 0 radical (unpaired) electrons. The Hall–Kier alpha value is -1.79. The number of rotatable bonds is 3. The maximum absolute atomic E-state index is 12.6. The van der Waals surface area contributed by atoms with Crippen molar-refractivity contribution in [2.75, 3.05) is 13.2 Å². The minimum absolute atomic E-state index is 0.0803. The predicted molar refractivity (Wildman–Crippen MR) is 84.0 cm³/mol. The lowest BCUT2D eigenvalue weighted by molar-refractivity contribution is 0.0608. The summed E-state index contributed by atoms with van der Waals surface area (Å²) in [4.78, 5) is 14.6. The molecule has 1 aliphatic heterocycles. The highest BCUT2D eigenvalue weighted by Crippen LogP contribution is 2.21. The molecule has 0 bridgehead atoms. The van der Waals surface area contributed by atoms with Gasteiger partial charge in [0.05, 0.1) is 6.61 Å². The summed E-state index contributed by atoms with van der Waals surface area (Å²) in [6, 6.07) is 7.85. The number of benzene rings is 1. The first-order chi connectivity index (χ1) is 10.3.